The highest BCUT2D eigenvalue weighted by molar-refractivity contribution is 9.10. The van der Waals surface area contributed by atoms with Crippen LogP contribution in [0, 0.1) is 12.7 Å². The second-order valence-corrected chi connectivity index (χ2v) is 5.09. The zero-order valence-electron chi connectivity index (χ0n) is 10.6. The van der Waals surface area contributed by atoms with E-state index >= 15 is 0 Å². The van der Waals surface area contributed by atoms with Crippen LogP contribution in [0.2, 0.25) is 0 Å². The highest BCUT2D eigenvalue weighted by atomic mass is 79.9. The zero-order chi connectivity index (χ0) is 14.0. The van der Waals surface area contributed by atoms with Gasteiger partial charge in [0.25, 0.3) is 5.91 Å². The van der Waals surface area contributed by atoms with E-state index in [0.717, 1.165) is 0 Å². The van der Waals surface area contributed by atoms with E-state index in [2.05, 4.69) is 15.9 Å². The highest BCUT2D eigenvalue weighted by Crippen LogP contribution is 2.18. The minimum atomic E-state index is -0.472. The van der Waals surface area contributed by atoms with Gasteiger partial charge in [-0.15, -0.1) is 0 Å². The van der Waals surface area contributed by atoms with Gasteiger partial charge in [-0.25, -0.2) is 4.39 Å². The predicted molar refractivity (Wildman–Crippen MR) is 73.3 cm³/mol. The molecule has 0 radical (unpaired) electrons. The van der Waals surface area contributed by atoms with Crippen LogP contribution < -0.4 is 0 Å². The standard InChI is InChI=1S/C14H13BrFNO2/c1-9-4-3-5-11(13(9)16)14(18)17(2)8-10-6-7-12(15)19-10/h3-7H,8H2,1-2H3. The summed E-state index contributed by atoms with van der Waals surface area (Å²) in [7, 11) is 1.61. The molecule has 3 nitrogen and oxygen atoms in total. The first-order valence-corrected chi connectivity index (χ1v) is 6.53. The molecule has 0 bridgehead atoms. The summed E-state index contributed by atoms with van der Waals surface area (Å²) in [6.45, 7) is 1.92. The molecular weight excluding hydrogens is 313 g/mol. The van der Waals surface area contributed by atoms with Crippen molar-refractivity contribution >= 4 is 21.8 Å². The Morgan fingerprint density at radius 3 is 2.74 bits per heavy atom. The first-order chi connectivity index (χ1) is 8.99. The predicted octanol–water partition coefficient (Wildman–Crippen LogP) is 3.76. The molecule has 1 aromatic heterocycles. The molecule has 1 amide bonds. The number of carbonyl (C=O) groups excluding carboxylic acids is 1. The highest BCUT2D eigenvalue weighted by Gasteiger charge is 2.18. The molecule has 0 fully saturated rings. The Balaban J connectivity index is 2.17. The van der Waals surface area contributed by atoms with E-state index in [1.165, 1.54) is 11.0 Å². The maximum absolute atomic E-state index is 13.9. The quantitative estimate of drug-likeness (QED) is 0.860. The number of hydrogen-bond acceptors (Lipinski definition) is 2. The topological polar surface area (TPSA) is 33.5 Å². The van der Waals surface area contributed by atoms with Crippen LogP contribution >= 0.6 is 15.9 Å². The summed E-state index contributed by atoms with van der Waals surface area (Å²) < 4.78 is 19.8. The van der Waals surface area contributed by atoms with Crippen molar-refractivity contribution in [1.29, 1.82) is 0 Å². The van der Waals surface area contributed by atoms with Gasteiger partial charge in [0.15, 0.2) is 4.67 Å². The van der Waals surface area contributed by atoms with Crippen molar-refractivity contribution in [2.45, 2.75) is 13.5 Å². The van der Waals surface area contributed by atoms with Gasteiger partial charge in [-0.05, 0) is 46.6 Å². The molecule has 19 heavy (non-hydrogen) atoms. The Kier molecular flexibility index (Phi) is 4.04. The van der Waals surface area contributed by atoms with Gasteiger partial charge in [-0.2, -0.15) is 0 Å². The average Bonchev–Trinajstić information content (AvgIpc) is 2.77. The molecule has 0 atom stereocenters. The van der Waals surface area contributed by atoms with Gasteiger partial charge in [0, 0.05) is 7.05 Å². The molecule has 0 aliphatic carbocycles. The van der Waals surface area contributed by atoms with E-state index in [9.17, 15) is 9.18 Å². The number of aryl methyl sites for hydroxylation is 1. The molecule has 0 saturated heterocycles. The lowest BCUT2D eigenvalue weighted by molar-refractivity contribution is 0.0770. The number of rotatable bonds is 3. The van der Waals surface area contributed by atoms with Crippen molar-refractivity contribution in [1.82, 2.24) is 4.90 Å². The monoisotopic (exact) mass is 325 g/mol. The van der Waals surface area contributed by atoms with Crippen LogP contribution in [-0.2, 0) is 6.54 Å². The van der Waals surface area contributed by atoms with Crippen molar-refractivity contribution in [3.8, 4) is 0 Å². The number of halogens is 2. The Morgan fingerprint density at radius 1 is 1.37 bits per heavy atom. The minimum Gasteiger partial charge on any atom is -0.452 e. The molecule has 0 saturated carbocycles. The summed E-state index contributed by atoms with van der Waals surface area (Å²) >= 11 is 3.20. The molecular formula is C14H13BrFNO2. The summed E-state index contributed by atoms with van der Waals surface area (Å²) in [6.07, 6.45) is 0. The van der Waals surface area contributed by atoms with Gasteiger partial charge < -0.3 is 9.32 Å². The van der Waals surface area contributed by atoms with Crippen LogP contribution in [-0.4, -0.2) is 17.9 Å². The molecule has 0 unspecified atom stereocenters. The van der Waals surface area contributed by atoms with Crippen LogP contribution in [0.3, 0.4) is 0 Å². The van der Waals surface area contributed by atoms with Gasteiger partial charge in [-0.3, -0.25) is 4.79 Å². The maximum Gasteiger partial charge on any atom is 0.256 e. The molecule has 0 aliphatic heterocycles. The van der Waals surface area contributed by atoms with E-state index in [4.69, 9.17) is 4.42 Å². The largest absolute Gasteiger partial charge is 0.452 e. The van der Waals surface area contributed by atoms with E-state index in [-0.39, 0.29) is 18.0 Å². The van der Waals surface area contributed by atoms with E-state index in [1.54, 1.807) is 38.2 Å². The fourth-order valence-electron chi connectivity index (χ4n) is 1.76. The van der Waals surface area contributed by atoms with E-state index < -0.39 is 5.82 Å². The molecule has 5 heteroatoms. The number of amides is 1. The summed E-state index contributed by atoms with van der Waals surface area (Å²) in [5, 5.41) is 0. The third kappa shape index (κ3) is 3.04. The molecule has 1 aromatic carbocycles. The number of furan rings is 1. The first kappa shape index (κ1) is 13.8. The van der Waals surface area contributed by atoms with Crippen LogP contribution in [0.1, 0.15) is 21.7 Å². The summed E-state index contributed by atoms with van der Waals surface area (Å²) in [4.78, 5) is 13.6. The van der Waals surface area contributed by atoms with Crippen molar-refractivity contribution in [3.63, 3.8) is 0 Å². The smallest absolute Gasteiger partial charge is 0.256 e. The molecule has 100 valence electrons. The van der Waals surface area contributed by atoms with Crippen molar-refractivity contribution in [3.05, 3.63) is 57.7 Å². The van der Waals surface area contributed by atoms with Crippen LogP contribution in [0.4, 0.5) is 4.39 Å². The van der Waals surface area contributed by atoms with Crippen LogP contribution in [0.5, 0.6) is 0 Å². The SMILES string of the molecule is Cc1cccc(C(=O)N(C)Cc2ccc(Br)o2)c1F. The minimum absolute atomic E-state index is 0.0770. The van der Waals surface area contributed by atoms with Crippen LogP contribution in [0.25, 0.3) is 0 Å². The second-order valence-electron chi connectivity index (χ2n) is 4.30. The lowest BCUT2D eigenvalue weighted by atomic mass is 10.1. The molecule has 0 spiro atoms. The maximum atomic E-state index is 13.9. The third-order valence-electron chi connectivity index (χ3n) is 2.79. The summed E-state index contributed by atoms with van der Waals surface area (Å²) in [5.41, 5.74) is 0.535. The first-order valence-electron chi connectivity index (χ1n) is 5.74. The van der Waals surface area contributed by atoms with E-state index in [0.29, 0.717) is 16.0 Å². The Morgan fingerprint density at radius 2 is 2.11 bits per heavy atom. The second kappa shape index (κ2) is 5.57. The number of nitrogens with zero attached hydrogens (tertiary/aromatic N) is 1. The van der Waals surface area contributed by atoms with Gasteiger partial charge in [0.1, 0.15) is 11.6 Å². The lowest BCUT2D eigenvalue weighted by Crippen LogP contribution is -2.27. The third-order valence-corrected chi connectivity index (χ3v) is 3.22. The Hall–Kier alpha value is -1.62. The van der Waals surface area contributed by atoms with Gasteiger partial charge >= 0.3 is 0 Å². The van der Waals surface area contributed by atoms with Crippen molar-refractivity contribution in [2.75, 3.05) is 7.05 Å². The summed E-state index contributed by atoms with van der Waals surface area (Å²) in [5.74, 6) is -0.204. The average molecular weight is 326 g/mol. The fraction of sp³-hybridized carbons (Fsp3) is 0.214. The molecule has 2 rings (SSSR count). The number of hydrogen-bond donors (Lipinski definition) is 0. The van der Waals surface area contributed by atoms with E-state index in [1.807, 2.05) is 0 Å². The molecule has 0 N–H and O–H groups in total. The normalized spacial score (nSPS) is 10.5. The lowest BCUT2D eigenvalue weighted by Gasteiger charge is -2.16. The number of benzene rings is 1. The van der Waals surface area contributed by atoms with Crippen molar-refractivity contribution < 1.29 is 13.6 Å². The Labute approximate surface area is 119 Å². The van der Waals surface area contributed by atoms with Gasteiger partial charge in [-0.1, -0.05) is 12.1 Å². The Bertz CT molecular complexity index is 609. The van der Waals surface area contributed by atoms with Gasteiger partial charge in [0.2, 0.25) is 0 Å². The van der Waals surface area contributed by atoms with Crippen molar-refractivity contribution in [2.24, 2.45) is 0 Å². The fourth-order valence-corrected chi connectivity index (χ4v) is 2.10. The van der Waals surface area contributed by atoms with Gasteiger partial charge in [0.05, 0.1) is 12.1 Å². The number of carbonyl (C=O) groups is 1. The molecule has 2 aromatic rings. The zero-order valence-corrected chi connectivity index (χ0v) is 12.2. The molecule has 1 heterocycles. The van der Waals surface area contributed by atoms with Crippen LogP contribution in [0.15, 0.2) is 39.4 Å². The summed E-state index contributed by atoms with van der Waals surface area (Å²) in [6, 6.07) is 8.30. The molecule has 0 aliphatic rings.